The van der Waals surface area contributed by atoms with Crippen molar-refractivity contribution in [3.05, 3.63) is 30.4 Å². The van der Waals surface area contributed by atoms with Crippen molar-refractivity contribution in [2.24, 2.45) is 0 Å². The fourth-order valence-electron chi connectivity index (χ4n) is 1.01. The highest BCUT2D eigenvalue weighted by molar-refractivity contribution is 5.86. The van der Waals surface area contributed by atoms with Crippen molar-refractivity contribution in [2.45, 2.75) is 0 Å². The molecule has 0 bridgehead atoms. The van der Waals surface area contributed by atoms with Crippen LogP contribution in [0.15, 0.2) is 24.7 Å². The fourth-order valence-corrected chi connectivity index (χ4v) is 1.01. The molecule has 0 spiro atoms. The first kappa shape index (κ1) is 9.13. The molecule has 0 saturated heterocycles. The molecule has 0 saturated carbocycles. The molecule has 0 aromatic carbocycles. The van der Waals surface area contributed by atoms with Gasteiger partial charge in [-0.2, -0.15) is 5.10 Å². The molecule has 0 aliphatic rings. The summed E-state index contributed by atoms with van der Waals surface area (Å²) >= 11 is 0. The average Bonchev–Trinajstić information content (AvgIpc) is 2.71. The molecule has 0 radical (unpaired) electrons. The first-order chi connectivity index (χ1) is 7.25. The number of rotatable bonds is 3. The Morgan fingerprint density at radius 3 is 3.00 bits per heavy atom. The lowest BCUT2D eigenvalue weighted by Crippen LogP contribution is -2.03. The van der Waals surface area contributed by atoms with Gasteiger partial charge in [0.15, 0.2) is 5.69 Å². The lowest BCUT2D eigenvalue weighted by Gasteiger charge is -2.01. The zero-order valence-corrected chi connectivity index (χ0v) is 7.51. The summed E-state index contributed by atoms with van der Waals surface area (Å²) in [6.45, 7) is 0. The van der Waals surface area contributed by atoms with Crippen LogP contribution in [0, 0.1) is 0 Å². The van der Waals surface area contributed by atoms with Gasteiger partial charge in [-0.1, -0.05) is 0 Å². The van der Waals surface area contributed by atoms with Gasteiger partial charge >= 0.3 is 5.97 Å². The lowest BCUT2D eigenvalue weighted by molar-refractivity contribution is 0.0690. The Hall–Kier alpha value is -2.44. The van der Waals surface area contributed by atoms with E-state index >= 15 is 0 Å². The molecule has 0 fully saturated rings. The third-order valence-electron chi connectivity index (χ3n) is 1.65. The number of anilines is 2. The average molecular weight is 205 g/mol. The highest BCUT2D eigenvalue weighted by atomic mass is 16.4. The SMILES string of the molecule is O=C(O)c1cc(Nc2ccn[nH]2)ncn1. The third-order valence-corrected chi connectivity index (χ3v) is 1.65. The summed E-state index contributed by atoms with van der Waals surface area (Å²) < 4.78 is 0. The smallest absolute Gasteiger partial charge is 0.354 e. The predicted octanol–water partition coefficient (Wildman–Crippen LogP) is 0.641. The summed E-state index contributed by atoms with van der Waals surface area (Å²) in [4.78, 5) is 18.1. The van der Waals surface area contributed by atoms with Crippen molar-refractivity contribution >= 4 is 17.6 Å². The van der Waals surface area contributed by atoms with Crippen LogP contribution in [0.2, 0.25) is 0 Å². The van der Waals surface area contributed by atoms with E-state index in [1.165, 1.54) is 12.4 Å². The largest absolute Gasteiger partial charge is 0.477 e. The van der Waals surface area contributed by atoms with Crippen molar-refractivity contribution in [3.8, 4) is 0 Å². The van der Waals surface area contributed by atoms with Crippen LogP contribution in [0.3, 0.4) is 0 Å². The summed E-state index contributed by atoms with van der Waals surface area (Å²) in [7, 11) is 0. The van der Waals surface area contributed by atoms with Gasteiger partial charge in [-0.25, -0.2) is 14.8 Å². The first-order valence-electron chi connectivity index (χ1n) is 4.07. The quantitative estimate of drug-likeness (QED) is 0.679. The summed E-state index contributed by atoms with van der Waals surface area (Å²) in [6.07, 6.45) is 2.75. The molecule has 3 N–H and O–H groups in total. The number of H-pyrrole nitrogens is 1. The number of carboxylic acids is 1. The number of aromatic nitrogens is 4. The molecule has 2 rings (SSSR count). The molecule has 76 valence electrons. The number of aromatic carboxylic acids is 1. The van der Waals surface area contributed by atoms with E-state index in [0.717, 1.165) is 0 Å². The van der Waals surface area contributed by atoms with Gasteiger partial charge in [0.2, 0.25) is 0 Å². The number of nitrogens with one attached hydrogen (secondary N) is 2. The van der Waals surface area contributed by atoms with Gasteiger partial charge in [-0.05, 0) is 0 Å². The van der Waals surface area contributed by atoms with E-state index in [1.54, 1.807) is 12.3 Å². The van der Waals surface area contributed by atoms with Gasteiger partial charge < -0.3 is 10.4 Å². The lowest BCUT2D eigenvalue weighted by atomic mass is 10.4. The molecule has 0 atom stereocenters. The maximum Gasteiger partial charge on any atom is 0.354 e. The Labute approximate surface area is 84.2 Å². The second-order valence-corrected chi connectivity index (χ2v) is 2.69. The molecule has 0 aliphatic carbocycles. The summed E-state index contributed by atoms with van der Waals surface area (Å²) in [6, 6.07) is 3.03. The standard InChI is InChI=1S/C8H7N5O2/c14-8(15)5-3-7(10-4-9-5)12-6-1-2-11-13-6/h1-4H,(H,14,15)(H2,9,10,11,12,13). The van der Waals surface area contributed by atoms with Crippen LogP contribution >= 0.6 is 0 Å². The zero-order chi connectivity index (χ0) is 10.7. The van der Waals surface area contributed by atoms with E-state index in [2.05, 4.69) is 25.5 Å². The number of nitrogens with zero attached hydrogens (tertiary/aromatic N) is 3. The van der Waals surface area contributed by atoms with Crippen molar-refractivity contribution in [3.63, 3.8) is 0 Å². The minimum Gasteiger partial charge on any atom is -0.477 e. The van der Waals surface area contributed by atoms with E-state index in [0.29, 0.717) is 11.6 Å². The summed E-state index contributed by atoms with van der Waals surface area (Å²) in [5.74, 6) is -0.0678. The van der Waals surface area contributed by atoms with Crippen LogP contribution in [0.25, 0.3) is 0 Å². The van der Waals surface area contributed by atoms with Crippen molar-refractivity contribution < 1.29 is 9.90 Å². The number of aromatic amines is 1. The molecule has 2 aromatic heterocycles. The van der Waals surface area contributed by atoms with Crippen LogP contribution in [0.4, 0.5) is 11.6 Å². The van der Waals surface area contributed by atoms with Gasteiger partial charge in [0.25, 0.3) is 0 Å². The third kappa shape index (κ3) is 2.08. The predicted molar refractivity (Wildman–Crippen MR) is 50.9 cm³/mol. The highest BCUT2D eigenvalue weighted by Crippen LogP contribution is 2.10. The fraction of sp³-hybridized carbons (Fsp3) is 0. The molecule has 7 heteroatoms. The Balaban J connectivity index is 2.22. The molecule has 7 nitrogen and oxygen atoms in total. The molecule has 0 amide bonds. The Morgan fingerprint density at radius 2 is 2.33 bits per heavy atom. The number of carboxylic acid groups (broad SMARTS) is 1. The van der Waals surface area contributed by atoms with Gasteiger partial charge in [-0.3, -0.25) is 5.10 Å². The van der Waals surface area contributed by atoms with Crippen molar-refractivity contribution in [1.82, 2.24) is 20.2 Å². The van der Waals surface area contributed by atoms with Crippen LogP contribution in [-0.4, -0.2) is 31.2 Å². The van der Waals surface area contributed by atoms with E-state index < -0.39 is 5.97 Å². The van der Waals surface area contributed by atoms with Crippen LogP contribution < -0.4 is 5.32 Å². The molecule has 0 aliphatic heterocycles. The Morgan fingerprint density at radius 1 is 1.47 bits per heavy atom. The minimum atomic E-state index is -1.09. The topological polar surface area (TPSA) is 104 Å². The van der Waals surface area contributed by atoms with Crippen molar-refractivity contribution in [1.29, 1.82) is 0 Å². The number of hydrogen-bond donors (Lipinski definition) is 3. The number of carbonyl (C=O) groups is 1. The molecule has 2 heterocycles. The highest BCUT2D eigenvalue weighted by Gasteiger charge is 2.06. The second-order valence-electron chi connectivity index (χ2n) is 2.69. The van der Waals surface area contributed by atoms with Gasteiger partial charge in [0.1, 0.15) is 18.0 Å². The monoisotopic (exact) mass is 205 g/mol. The van der Waals surface area contributed by atoms with E-state index in [9.17, 15) is 4.79 Å². The van der Waals surface area contributed by atoms with E-state index in [1.807, 2.05) is 0 Å². The molecule has 15 heavy (non-hydrogen) atoms. The van der Waals surface area contributed by atoms with E-state index in [4.69, 9.17) is 5.11 Å². The van der Waals surface area contributed by atoms with Gasteiger partial charge in [0, 0.05) is 12.1 Å². The van der Waals surface area contributed by atoms with Crippen LogP contribution in [0.1, 0.15) is 10.5 Å². The zero-order valence-electron chi connectivity index (χ0n) is 7.51. The first-order valence-corrected chi connectivity index (χ1v) is 4.07. The maximum absolute atomic E-state index is 10.6. The molecule has 0 unspecified atom stereocenters. The number of hydrogen-bond acceptors (Lipinski definition) is 5. The molecular formula is C8H7N5O2. The second kappa shape index (κ2) is 3.74. The van der Waals surface area contributed by atoms with Crippen molar-refractivity contribution in [2.75, 3.05) is 5.32 Å². The summed E-state index contributed by atoms with van der Waals surface area (Å²) in [5, 5.41) is 17.9. The Kier molecular flexibility index (Phi) is 2.28. The van der Waals surface area contributed by atoms with Gasteiger partial charge in [-0.15, -0.1) is 0 Å². The van der Waals surface area contributed by atoms with Crippen LogP contribution in [-0.2, 0) is 0 Å². The molecule has 2 aromatic rings. The normalized spacial score (nSPS) is 9.87. The maximum atomic E-state index is 10.6. The van der Waals surface area contributed by atoms with Gasteiger partial charge in [0.05, 0.1) is 6.20 Å². The summed E-state index contributed by atoms with van der Waals surface area (Å²) in [5.41, 5.74) is -0.0629. The Bertz CT molecular complexity index is 468. The minimum absolute atomic E-state index is 0.0629. The molecular weight excluding hydrogens is 198 g/mol. The van der Waals surface area contributed by atoms with Crippen LogP contribution in [0.5, 0.6) is 0 Å². The van der Waals surface area contributed by atoms with E-state index in [-0.39, 0.29) is 5.69 Å².